The van der Waals surface area contributed by atoms with Gasteiger partial charge in [0.1, 0.15) is 11.5 Å². The number of morpholine rings is 1. The summed E-state index contributed by atoms with van der Waals surface area (Å²) in [5.41, 5.74) is 0.941. The molecule has 1 fully saturated rings. The Kier molecular flexibility index (Phi) is 3.81. The highest BCUT2D eigenvalue weighted by molar-refractivity contribution is 5.93. The average Bonchev–Trinajstić information content (AvgIpc) is 2.91. The molecule has 7 nitrogen and oxygen atoms in total. The van der Waals surface area contributed by atoms with Gasteiger partial charge >= 0.3 is 0 Å². The Balaban J connectivity index is 1.96. The fourth-order valence-electron chi connectivity index (χ4n) is 2.70. The normalized spacial score (nSPS) is 18.5. The highest BCUT2D eigenvalue weighted by Gasteiger charge is 2.31. The van der Waals surface area contributed by atoms with Gasteiger partial charge in [0.2, 0.25) is 0 Å². The number of aromatic amines is 1. The van der Waals surface area contributed by atoms with Crippen LogP contribution in [0.4, 0.5) is 0 Å². The molecule has 7 heteroatoms. The zero-order valence-electron chi connectivity index (χ0n) is 12.6. The zero-order chi connectivity index (χ0) is 15.7. The molecule has 0 saturated carbocycles. The largest absolute Gasteiger partial charge is 0.377 e. The van der Waals surface area contributed by atoms with Gasteiger partial charge in [-0.2, -0.15) is 0 Å². The lowest BCUT2D eigenvalue weighted by Gasteiger charge is -2.35. The Morgan fingerprint density at radius 3 is 3.00 bits per heavy atom. The highest BCUT2D eigenvalue weighted by atomic mass is 16.5. The zero-order valence-corrected chi connectivity index (χ0v) is 12.6. The molecule has 0 unspecified atom stereocenters. The van der Waals surface area contributed by atoms with Crippen LogP contribution in [-0.4, -0.2) is 45.1 Å². The number of aryl methyl sites for hydroxylation is 2. The van der Waals surface area contributed by atoms with E-state index in [2.05, 4.69) is 9.97 Å². The molecule has 0 aromatic carbocycles. The molecule has 116 valence electrons. The molecule has 1 aliphatic heterocycles. The molecule has 0 spiro atoms. The van der Waals surface area contributed by atoms with Crippen molar-refractivity contribution in [2.24, 2.45) is 7.05 Å². The summed E-state index contributed by atoms with van der Waals surface area (Å²) in [6.07, 6.45) is 1.83. The Hall–Kier alpha value is -2.41. The number of ether oxygens (including phenoxy) is 1. The van der Waals surface area contributed by atoms with Crippen molar-refractivity contribution in [3.63, 3.8) is 0 Å². The molecule has 1 aliphatic rings. The lowest BCUT2D eigenvalue weighted by molar-refractivity contribution is -0.00450. The molecule has 1 saturated heterocycles. The summed E-state index contributed by atoms with van der Waals surface area (Å²) in [4.78, 5) is 33.1. The molecule has 22 heavy (non-hydrogen) atoms. The van der Waals surface area contributed by atoms with Crippen LogP contribution in [0.3, 0.4) is 0 Å². The Morgan fingerprint density at radius 2 is 2.32 bits per heavy atom. The van der Waals surface area contributed by atoms with E-state index in [0.717, 1.165) is 0 Å². The second-order valence-corrected chi connectivity index (χ2v) is 5.35. The Bertz CT molecular complexity index is 749. The maximum atomic E-state index is 12.8. The summed E-state index contributed by atoms with van der Waals surface area (Å²) in [5, 5.41) is 0. The average molecular weight is 302 g/mol. The van der Waals surface area contributed by atoms with Crippen molar-refractivity contribution in [2.45, 2.75) is 13.0 Å². The summed E-state index contributed by atoms with van der Waals surface area (Å²) >= 11 is 0. The van der Waals surface area contributed by atoms with E-state index in [0.29, 0.717) is 37.0 Å². The van der Waals surface area contributed by atoms with Gasteiger partial charge in [-0.1, -0.05) is 0 Å². The molecule has 0 radical (unpaired) electrons. The van der Waals surface area contributed by atoms with Crippen LogP contribution in [0.5, 0.6) is 0 Å². The summed E-state index contributed by atoms with van der Waals surface area (Å²) in [5.74, 6) is 0.444. The van der Waals surface area contributed by atoms with Crippen molar-refractivity contribution >= 4 is 5.91 Å². The number of hydrogen-bond acceptors (Lipinski definition) is 4. The summed E-state index contributed by atoms with van der Waals surface area (Å²) in [7, 11) is 1.83. The third-order valence-corrected chi connectivity index (χ3v) is 3.77. The number of hydrogen-bond donors (Lipinski definition) is 1. The standard InChI is InChI=1S/C15H18N4O3/c1-10-16-11(8-14(20)17-10)13-9-22-7-6-19(13)15(21)12-4-3-5-18(12)2/h3-5,8,13H,6-7,9H2,1-2H3,(H,16,17,20)/t13-/m1/s1. The van der Waals surface area contributed by atoms with Gasteiger partial charge in [0.05, 0.1) is 24.9 Å². The smallest absolute Gasteiger partial charge is 0.271 e. The van der Waals surface area contributed by atoms with Crippen LogP contribution in [0.15, 0.2) is 29.2 Å². The number of carbonyl (C=O) groups excluding carboxylic acids is 1. The van der Waals surface area contributed by atoms with Crippen molar-refractivity contribution in [2.75, 3.05) is 19.8 Å². The molecule has 3 rings (SSSR count). The van der Waals surface area contributed by atoms with Gasteiger partial charge < -0.3 is 19.2 Å². The van der Waals surface area contributed by atoms with E-state index in [1.165, 1.54) is 6.07 Å². The van der Waals surface area contributed by atoms with E-state index >= 15 is 0 Å². The number of nitrogens with one attached hydrogen (secondary N) is 1. The van der Waals surface area contributed by atoms with E-state index < -0.39 is 0 Å². The SMILES string of the molecule is Cc1nc([C@H]2COCCN2C(=O)c2cccn2C)cc(=O)[nH]1. The lowest BCUT2D eigenvalue weighted by Crippen LogP contribution is -2.44. The lowest BCUT2D eigenvalue weighted by atomic mass is 10.1. The fraction of sp³-hybridized carbons (Fsp3) is 0.400. The second kappa shape index (κ2) is 5.76. The first-order valence-electron chi connectivity index (χ1n) is 7.14. The number of aromatic nitrogens is 3. The Labute approximate surface area is 127 Å². The first-order valence-corrected chi connectivity index (χ1v) is 7.14. The molecular formula is C15H18N4O3. The molecule has 3 heterocycles. The van der Waals surface area contributed by atoms with E-state index in [4.69, 9.17) is 4.74 Å². The van der Waals surface area contributed by atoms with Crippen molar-refractivity contribution in [1.82, 2.24) is 19.4 Å². The molecule has 2 aromatic heterocycles. The van der Waals surface area contributed by atoms with Crippen LogP contribution in [0.2, 0.25) is 0 Å². The number of nitrogens with zero attached hydrogens (tertiary/aromatic N) is 3. The van der Waals surface area contributed by atoms with Crippen LogP contribution in [0, 0.1) is 6.92 Å². The molecule has 1 N–H and O–H groups in total. The third-order valence-electron chi connectivity index (χ3n) is 3.77. The number of carbonyl (C=O) groups is 1. The predicted molar refractivity (Wildman–Crippen MR) is 79.6 cm³/mol. The first-order chi connectivity index (χ1) is 10.6. The van der Waals surface area contributed by atoms with Crippen molar-refractivity contribution in [3.05, 3.63) is 52.0 Å². The second-order valence-electron chi connectivity index (χ2n) is 5.35. The van der Waals surface area contributed by atoms with Crippen LogP contribution in [0.25, 0.3) is 0 Å². The summed E-state index contributed by atoms with van der Waals surface area (Å²) in [6, 6.07) is 4.69. The minimum atomic E-state index is -0.350. The Morgan fingerprint density at radius 1 is 1.50 bits per heavy atom. The van der Waals surface area contributed by atoms with Gasteiger partial charge in [-0.25, -0.2) is 4.98 Å². The third kappa shape index (κ3) is 2.67. The van der Waals surface area contributed by atoms with Crippen LogP contribution in [0.1, 0.15) is 28.0 Å². The minimum Gasteiger partial charge on any atom is -0.377 e. The van der Waals surface area contributed by atoms with Gasteiger partial charge in [0, 0.05) is 25.9 Å². The molecule has 2 aromatic rings. The number of amides is 1. The number of H-pyrrole nitrogens is 1. The van der Waals surface area contributed by atoms with Crippen LogP contribution >= 0.6 is 0 Å². The molecule has 0 bridgehead atoms. The monoisotopic (exact) mass is 302 g/mol. The van der Waals surface area contributed by atoms with Gasteiger partial charge in [-0.3, -0.25) is 9.59 Å². The quantitative estimate of drug-likeness (QED) is 0.882. The van der Waals surface area contributed by atoms with E-state index in [-0.39, 0.29) is 17.5 Å². The summed E-state index contributed by atoms with van der Waals surface area (Å²) < 4.78 is 7.27. The topological polar surface area (TPSA) is 80.2 Å². The van der Waals surface area contributed by atoms with Crippen molar-refractivity contribution in [3.8, 4) is 0 Å². The highest BCUT2D eigenvalue weighted by Crippen LogP contribution is 2.24. The van der Waals surface area contributed by atoms with Crippen LogP contribution < -0.4 is 5.56 Å². The van der Waals surface area contributed by atoms with Gasteiger partial charge in [0.25, 0.3) is 11.5 Å². The van der Waals surface area contributed by atoms with Gasteiger partial charge in [-0.05, 0) is 19.1 Å². The number of rotatable bonds is 2. The predicted octanol–water partition coefficient (Wildman–Crippen LogP) is 0.631. The fourth-order valence-corrected chi connectivity index (χ4v) is 2.70. The molecule has 1 atom stereocenters. The molecule has 1 amide bonds. The van der Waals surface area contributed by atoms with E-state index in [1.54, 1.807) is 22.5 Å². The minimum absolute atomic E-state index is 0.0828. The van der Waals surface area contributed by atoms with Crippen molar-refractivity contribution < 1.29 is 9.53 Å². The summed E-state index contributed by atoms with van der Waals surface area (Å²) in [6.45, 7) is 3.01. The maximum absolute atomic E-state index is 12.8. The van der Waals surface area contributed by atoms with Crippen molar-refractivity contribution in [1.29, 1.82) is 0 Å². The van der Waals surface area contributed by atoms with Crippen LogP contribution in [-0.2, 0) is 11.8 Å². The molecular weight excluding hydrogens is 284 g/mol. The van der Waals surface area contributed by atoms with Gasteiger partial charge in [-0.15, -0.1) is 0 Å². The van der Waals surface area contributed by atoms with E-state index in [9.17, 15) is 9.59 Å². The maximum Gasteiger partial charge on any atom is 0.271 e. The molecule has 0 aliphatic carbocycles. The van der Waals surface area contributed by atoms with Gasteiger partial charge in [0.15, 0.2) is 0 Å². The first kappa shape index (κ1) is 14.5. The van der Waals surface area contributed by atoms with E-state index in [1.807, 2.05) is 19.3 Å².